The number of aromatic nitrogens is 2. The highest BCUT2D eigenvalue weighted by Crippen LogP contribution is 2.20. The molecule has 0 aliphatic heterocycles. The maximum absolute atomic E-state index is 11.8. The summed E-state index contributed by atoms with van der Waals surface area (Å²) in [5, 5.41) is 3.28. The van der Waals surface area contributed by atoms with Crippen molar-refractivity contribution in [2.75, 3.05) is 0 Å². The SMILES string of the molecule is Cc1cc(CNCc2cc(=O)n(C)c(=O)n2C)sc1C. The van der Waals surface area contributed by atoms with Gasteiger partial charge in [0.05, 0.1) is 0 Å². The largest absolute Gasteiger partial charge is 0.330 e. The van der Waals surface area contributed by atoms with Crippen molar-refractivity contribution in [3.05, 3.63) is 54.0 Å². The molecular formula is C14H19N3O2S. The summed E-state index contributed by atoms with van der Waals surface area (Å²) in [6, 6.07) is 3.66. The Morgan fingerprint density at radius 3 is 2.40 bits per heavy atom. The van der Waals surface area contributed by atoms with Crippen LogP contribution in [0.2, 0.25) is 0 Å². The molecule has 0 saturated carbocycles. The molecule has 0 aliphatic rings. The topological polar surface area (TPSA) is 56.0 Å². The second-order valence-corrected chi connectivity index (χ2v) is 6.27. The summed E-state index contributed by atoms with van der Waals surface area (Å²) in [5.41, 5.74) is 1.43. The van der Waals surface area contributed by atoms with Crippen LogP contribution < -0.4 is 16.6 Å². The van der Waals surface area contributed by atoms with Crippen LogP contribution >= 0.6 is 11.3 Å². The van der Waals surface area contributed by atoms with Gasteiger partial charge in [-0.2, -0.15) is 0 Å². The molecule has 0 aliphatic carbocycles. The van der Waals surface area contributed by atoms with Gasteiger partial charge in [-0.05, 0) is 25.5 Å². The summed E-state index contributed by atoms with van der Waals surface area (Å²) >= 11 is 1.77. The zero-order chi connectivity index (χ0) is 14.9. The molecule has 0 atom stereocenters. The second-order valence-electron chi connectivity index (χ2n) is 4.93. The fourth-order valence-electron chi connectivity index (χ4n) is 2.00. The van der Waals surface area contributed by atoms with Crippen LogP contribution in [-0.4, -0.2) is 9.13 Å². The van der Waals surface area contributed by atoms with Crippen molar-refractivity contribution in [2.24, 2.45) is 14.1 Å². The molecule has 2 aromatic rings. The van der Waals surface area contributed by atoms with Crippen molar-refractivity contribution in [3.63, 3.8) is 0 Å². The van der Waals surface area contributed by atoms with E-state index in [1.165, 1.54) is 33.0 Å². The summed E-state index contributed by atoms with van der Waals surface area (Å²) < 4.78 is 2.61. The standard InChI is InChI=1S/C14H19N3O2S/c1-9-5-12(20-10(9)2)8-15-7-11-6-13(18)17(4)14(19)16(11)3/h5-6,15H,7-8H2,1-4H3. The molecule has 6 heteroatoms. The van der Waals surface area contributed by atoms with Crippen LogP contribution in [0.4, 0.5) is 0 Å². The molecule has 0 fully saturated rings. The van der Waals surface area contributed by atoms with E-state index < -0.39 is 0 Å². The Labute approximate surface area is 121 Å². The number of nitrogens with one attached hydrogen (secondary N) is 1. The molecule has 2 rings (SSSR count). The molecule has 5 nitrogen and oxygen atoms in total. The molecule has 0 saturated heterocycles. The molecule has 20 heavy (non-hydrogen) atoms. The van der Waals surface area contributed by atoms with E-state index in [1.807, 2.05) is 0 Å². The third-order valence-corrected chi connectivity index (χ3v) is 4.60. The molecule has 0 unspecified atom stereocenters. The lowest BCUT2D eigenvalue weighted by molar-refractivity contribution is 0.603. The summed E-state index contributed by atoms with van der Waals surface area (Å²) in [6.07, 6.45) is 0. The van der Waals surface area contributed by atoms with Crippen molar-refractivity contribution in [1.29, 1.82) is 0 Å². The molecule has 0 bridgehead atoms. The average molecular weight is 293 g/mol. The molecule has 2 aromatic heterocycles. The van der Waals surface area contributed by atoms with E-state index in [0.717, 1.165) is 11.1 Å². The smallest absolute Gasteiger partial charge is 0.306 e. The highest BCUT2D eigenvalue weighted by Gasteiger charge is 2.06. The molecule has 0 spiro atoms. The third-order valence-electron chi connectivity index (χ3n) is 3.45. The summed E-state index contributed by atoms with van der Waals surface area (Å²) in [5.74, 6) is 0. The first-order valence-electron chi connectivity index (χ1n) is 6.42. The average Bonchev–Trinajstić information content (AvgIpc) is 2.72. The van der Waals surface area contributed by atoms with Gasteiger partial charge in [0.15, 0.2) is 0 Å². The van der Waals surface area contributed by atoms with Gasteiger partial charge in [-0.1, -0.05) is 0 Å². The minimum Gasteiger partial charge on any atom is -0.306 e. The number of nitrogens with zero attached hydrogens (tertiary/aromatic N) is 2. The minimum absolute atomic E-state index is 0.271. The van der Waals surface area contributed by atoms with Crippen LogP contribution in [0.15, 0.2) is 21.7 Å². The van der Waals surface area contributed by atoms with Gasteiger partial charge >= 0.3 is 5.69 Å². The molecule has 2 heterocycles. The first-order chi connectivity index (χ1) is 9.40. The number of hydrogen-bond donors (Lipinski definition) is 1. The van der Waals surface area contributed by atoms with E-state index in [1.54, 1.807) is 18.4 Å². The van der Waals surface area contributed by atoms with Crippen molar-refractivity contribution >= 4 is 11.3 Å². The molecule has 0 aromatic carbocycles. The van der Waals surface area contributed by atoms with E-state index >= 15 is 0 Å². The Hall–Kier alpha value is -1.66. The Balaban J connectivity index is 2.08. The first kappa shape index (κ1) is 14.7. The van der Waals surface area contributed by atoms with Crippen molar-refractivity contribution < 1.29 is 0 Å². The lowest BCUT2D eigenvalue weighted by atomic mass is 10.3. The first-order valence-corrected chi connectivity index (χ1v) is 7.24. The summed E-state index contributed by atoms with van der Waals surface area (Å²) in [4.78, 5) is 26.0. The fourth-order valence-corrected chi connectivity index (χ4v) is 3.02. The predicted octanol–water partition coefficient (Wildman–Crippen LogP) is 1.05. The van der Waals surface area contributed by atoms with Gasteiger partial charge in [-0.15, -0.1) is 11.3 Å². The Morgan fingerprint density at radius 1 is 1.10 bits per heavy atom. The van der Waals surface area contributed by atoms with Gasteiger partial charge < -0.3 is 5.32 Å². The maximum atomic E-state index is 11.8. The van der Waals surface area contributed by atoms with Gasteiger partial charge in [-0.3, -0.25) is 13.9 Å². The van der Waals surface area contributed by atoms with Crippen LogP contribution in [-0.2, 0) is 27.2 Å². The Kier molecular flexibility index (Phi) is 4.25. The molecule has 0 radical (unpaired) electrons. The highest BCUT2D eigenvalue weighted by molar-refractivity contribution is 7.12. The van der Waals surface area contributed by atoms with Crippen molar-refractivity contribution in [2.45, 2.75) is 26.9 Å². The molecule has 0 amide bonds. The zero-order valence-electron chi connectivity index (χ0n) is 12.2. The normalized spacial score (nSPS) is 11.0. The molecule has 1 N–H and O–H groups in total. The maximum Gasteiger partial charge on any atom is 0.330 e. The monoisotopic (exact) mass is 293 g/mol. The summed E-state index contributed by atoms with van der Waals surface area (Å²) in [6.45, 7) is 5.44. The number of aryl methyl sites for hydroxylation is 2. The predicted molar refractivity (Wildman–Crippen MR) is 81.3 cm³/mol. The Bertz CT molecular complexity index is 720. The van der Waals surface area contributed by atoms with Gasteiger partial charge in [-0.25, -0.2) is 4.79 Å². The van der Waals surface area contributed by atoms with Gasteiger partial charge in [0.25, 0.3) is 5.56 Å². The third kappa shape index (κ3) is 2.91. The molecular weight excluding hydrogens is 274 g/mol. The fraction of sp³-hybridized carbons (Fsp3) is 0.429. The quantitative estimate of drug-likeness (QED) is 0.917. The lowest BCUT2D eigenvalue weighted by Crippen LogP contribution is -2.38. The van der Waals surface area contributed by atoms with Gasteiger partial charge in [0.2, 0.25) is 0 Å². The van der Waals surface area contributed by atoms with E-state index in [9.17, 15) is 9.59 Å². The van der Waals surface area contributed by atoms with Crippen LogP contribution in [0.3, 0.4) is 0 Å². The number of rotatable bonds is 4. The van der Waals surface area contributed by atoms with E-state index in [2.05, 4.69) is 25.2 Å². The second kappa shape index (κ2) is 5.76. The van der Waals surface area contributed by atoms with Gasteiger partial charge in [0, 0.05) is 48.7 Å². The van der Waals surface area contributed by atoms with Crippen LogP contribution in [0, 0.1) is 13.8 Å². The zero-order valence-corrected chi connectivity index (χ0v) is 13.0. The van der Waals surface area contributed by atoms with Crippen molar-refractivity contribution in [3.8, 4) is 0 Å². The summed E-state index contributed by atoms with van der Waals surface area (Å²) in [7, 11) is 3.16. The number of hydrogen-bond acceptors (Lipinski definition) is 4. The lowest BCUT2D eigenvalue weighted by Gasteiger charge is -2.09. The number of thiophene rings is 1. The van der Waals surface area contributed by atoms with Crippen LogP contribution in [0.1, 0.15) is 21.0 Å². The minimum atomic E-state index is -0.294. The van der Waals surface area contributed by atoms with Crippen LogP contribution in [0.25, 0.3) is 0 Å². The van der Waals surface area contributed by atoms with E-state index in [4.69, 9.17) is 0 Å². The highest BCUT2D eigenvalue weighted by atomic mass is 32.1. The van der Waals surface area contributed by atoms with Crippen LogP contribution in [0.5, 0.6) is 0 Å². The Morgan fingerprint density at radius 2 is 1.80 bits per heavy atom. The molecule has 108 valence electrons. The van der Waals surface area contributed by atoms with E-state index in [0.29, 0.717) is 12.2 Å². The van der Waals surface area contributed by atoms with Gasteiger partial charge in [0.1, 0.15) is 0 Å². The van der Waals surface area contributed by atoms with E-state index in [-0.39, 0.29) is 11.2 Å². The van der Waals surface area contributed by atoms with Crippen molar-refractivity contribution in [1.82, 2.24) is 14.5 Å².